The molecule has 1 fully saturated rings. The van der Waals surface area contributed by atoms with E-state index < -0.39 is 0 Å². The van der Waals surface area contributed by atoms with Crippen molar-refractivity contribution in [1.29, 1.82) is 0 Å². The Balaban J connectivity index is 1.73. The summed E-state index contributed by atoms with van der Waals surface area (Å²) in [7, 11) is 0. The number of aromatic nitrogens is 1. The average molecular weight is 263 g/mol. The maximum atomic E-state index is 4.81. The fraction of sp³-hybridized carbons (Fsp3) is 0.294. The molecular formula is C17H17N3. The molecule has 0 N–H and O–H groups in total. The van der Waals surface area contributed by atoms with Crippen molar-refractivity contribution in [2.75, 3.05) is 18.0 Å². The van der Waals surface area contributed by atoms with Gasteiger partial charge in [0.1, 0.15) is 5.69 Å². The lowest BCUT2D eigenvalue weighted by Crippen LogP contribution is -2.35. The predicted octanol–water partition coefficient (Wildman–Crippen LogP) is 3.43. The molecule has 20 heavy (non-hydrogen) atoms. The van der Waals surface area contributed by atoms with Crippen molar-refractivity contribution in [2.45, 2.75) is 12.8 Å². The first kappa shape index (κ1) is 11.6. The van der Waals surface area contributed by atoms with Gasteiger partial charge in [-0.1, -0.05) is 30.3 Å². The van der Waals surface area contributed by atoms with Gasteiger partial charge in [0.2, 0.25) is 0 Å². The van der Waals surface area contributed by atoms with Crippen LogP contribution in [0.1, 0.15) is 18.4 Å². The lowest BCUT2D eigenvalue weighted by atomic mass is 10.1. The fourth-order valence-corrected chi connectivity index (χ4v) is 2.71. The van der Waals surface area contributed by atoms with Crippen molar-refractivity contribution < 1.29 is 0 Å². The molecule has 3 nitrogen and oxygen atoms in total. The summed E-state index contributed by atoms with van der Waals surface area (Å²) in [5, 5.41) is 0. The van der Waals surface area contributed by atoms with Crippen LogP contribution < -0.4 is 4.90 Å². The molecular weight excluding hydrogens is 246 g/mol. The molecule has 4 rings (SSSR count). The first-order valence-corrected chi connectivity index (χ1v) is 7.23. The van der Waals surface area contributed by atoms with Crippen LogP contribution in [0.5, 0.6) is 0 Å². The van der Waals surface area contributed by atoms with Crippen molar-refractivity contribution in [3.8, 4) is 0 Å². The van der Waals surface area contributed by atoms with E-state index in [4.69, 9.17) is 4.99 Å². The summed E-state index contributed by atoms with van der Waals surface area (Å²) < 4.78 is 0. The lowest BCUT2D eigenvalue weighted by Gasteiger charge is -2.29. The molecule has 0 bridgehead atoms. The highest BCUT2D eigenvalue weighted by molar-refractivity contribution is 6.07. The van der Waals surface area contributed by atoms with E-state index in [9.17, 15) is 0 Å². The van der Waals surface area contributed by atoms with E-state index in [-0.39, 0.29) is 0 Å². The quantitative estimate of drug-likeness (QED) is 0.848. The number of nitrogens with zero attached hydrogens (tertiary/aromatic N) is 3. The van der Waals surface area contributed by atoms with Crippen LogP contribution in [0, 0.1) is 5.92 Å². The highest BCUT2D eigenvalue weighted by Gasteiger charge is 2.28. The molecule has 1 saturated carbocycles. The van der Waals surface area contributed by atoms with Crippen molar-refractivity contribution in [1.82, 2.24) is 4.98 Å². The number of fused-ring (bicyclic) bond motifs is 1. The highest BCUT2D eigenvalue weighted by Crippen LogP contribution is 2.36. The Labute approximate surface area is 119 Å². The third-order valence-corrected chi connectivity index (χ3v) is 3.94. The van der Waals surface area contributed by atoms with Gasteiger partial charge in [-0.25, -0.2) is 9.98 Å². The van der Waals surface area contributed by atoms with Crippen LogP contribution in [0.4, 0.5) is 11.5 Å². The fourth-order valence-electron chi connectivity index (χ4n) is 2.71. The van der Waals surface area contributed by atoms with Gasteiger partial charge in [-0.05, 0) is 36.5 Å². The van der Waals surface area contributed by atoms with Crippen molar-refractivity contribution in [3.63, 3.8) is 0 Å². The van der Waals surface area contributed by atoms with E-state index in [1.165, 1.54) is 18.4 Å². The van der Waals surface area contributed by atoms with E-state index in [1.807, 2.05) is 18.3 Å². The Morgan fingerprint density at radius 2 is 1.90 bits per heavy atom. The number of benzene rings is 1. The molecule has 0 saturated heterocycles. The average Bonchev–Trinajstić information content (AvgIpc) is 3.32. The molecule has 0 spiro atoms. The molecule has 0 radical (unpaired) electrons. The van der Waals surface area contributed by atoms with E-state index in [0.29, 0.717) is 0 Å². The summed E-state index contributed by atoms with van der Waals surface area (Å²) in [4.78, 5) is 11.7. The Bertz CT molecular complexity index is 644. The molecule has 100 valence electrons. The second-order valence-electron chi connectivity index (χ2n) is 5.59. The van der Waals surface area contributed by atoms with Crippen LogP contribution in [0.15, 0.2) is 53.7 Å². The molecule has 0 atom stereocenters. The Hall–Kier alpha value is -2.16. The smallest absolute Gasteiger partial charge is 0.154 e. The number of hydrogen-bond acceptors (Lipinski definition) is 3. The van der Waals surface area contributed by atoms with Crippen LogP contribution in [-0.4, -0.2) is 23.8 Å². The zero-order valence-electron chi connectivity index (χ0n) is 11.4. The Kier molecular flexibility index (Phi) is 2.76. The molecule has 1 aliphatic heterocycles. The molecule has 1 aromatic heterocycles. The van der Waals surface area contributed by atoms with Gasteiger partial charge in [-0.3, -0.25) is 0 Å². The van der Waals surface area contributed by atoms with Crippen molar-refractivity contribution in [3.05, 3.63) is 54.2 Å². The van der Waals surface area contributed by atoms with Gasteiger partial charge in [-0.2, -0.15) is 0 Å². The number of hydrogen-bond donors (Lipinski definition) is 0. The topological polar surface area (TPSA) is 28.5 Å². The summed E-state index contributed by atoms with van der Waals surface area (Å²) in [6.45, 7) is 1.97. The van der Waals surface area contributed by atoms with E-state index in [2.05, 4.69) is 40.2 Å². The minimum Gasteiger partial charge on any atom is -0.349 e. The van der Waals surface area contributed by atoms with E-state index >= 15 is 0 Å². The number of pyridine rings is 1. The van der Waals surface area contributed by atoms with E-state index in [0.717, 1.165) is 36.2 Å². The van der Waals surface area contributed by atoms with E-state index in [1.54, 1.807) is 0 Å². The summed E-state index contributed by atoms with van der Waals surface area (Å²) in [6, 6.07) is 14.5. The van der Waals surface area contributed by atoms with Gasteiger partial charge in [0, 0.05) is 12.7 Å². The molecule has 2 heterocycles. The minimum atomic E-state index is 0.847. The minimum absolute atomic E-state index is 0.847. The van der Waals surface area contributed by atoms with Crippen LogP contribution in [-0.2, 0) is 0 Å². The normalized spacial score (nSPS) is 17.6. The van der Waals surface area contributed by atoms with Gasteiger partial charge in [-0.15, -0.1) is 0 Å². The molecule has 3 heteroatoms. The summed E-state index contributed by atoms with van der Waals surface area (Å²) in [5.74, 6) is 1.89. The van der Waals surface area contributed by atoms with Crippen molar-refractivity contribution in [2.24, 2.45) is 10.9 Å². The van der Waals surface area contributed by atoms with Gasteiger partial charge in [0.05, 0.1) is 12.3 Å². The lowest BCUT2D eigenvalue weighted by molar-refractivity contribution is 0.754. The Morgan fingerprint density at radius 1 is 1.05 bits per heavy atom. The Morgan fingerprint density at radius 3 is 2.70 bits per heavy atom. The maximum absolute atomic E-state index is 4.81. The second kappa shape index (κ2) is 4.75. The van der Waals surface area contributed by atoms with Gasteiger partial charge in [0.15, 0.2) is 5.82 Å². The summed E-state index contributed by atoms with van der Waals surface area (Å²) in [5.41, 5.74) is 3.35. The van der Waals surface area contributed by atoms with Gasteiger partial charge >= 0.3 is 0 Å². The number of rotatable bonds is 3. The zero-order chi connectivity index (χ0) is 13.4. The van der Waals surface area contributed by atoms with Crippen LogP contribution in [0.25, 0.3) is 0 Å². The standard InChI is InChI=1S/C17H17N3/c1-2-5-14(6-3-1)16-12-20(11-13-8-9-13)17-15(19-16)7-4-10-18-17/h1-7,10,13H,8-9,11-12H2. The SMILES string of the molecule is c1ccc(C2=Nc3cccnc3N(CC3CC3)C2)cc1. The van der Waals surface area contributed by atoms with Crippen molar-refractivity contribution >= 4 is 17.2 Å². The number of anilines is 1. The molecule has 1 aliphatic carbocycles. The second-order valence-corrected chi connectivity index (χ2v) is 5.59. The van der Waals surface area contributed by atoms with Gasteiger partial charge < -0.3 is 4.90 Å². The largest absolute Gasteiger partial charge is 0.349 e. The first-order valence-electron chi connectivity index (χ1n) is 7.23. The molecule has 1 aromatic carbocycles. The first-order chi connectivity index (χ1) is 9.90. The maximum Gasteiger partial charge on any atom is 0.154 e. The molecule has 0 amide bonds. The third-order valence-electron chi connectivity index (χ3n) is 3.94. The van der Waals surface area contributed by atoms with Crippen LogP contribution >= 0.6 is 0 Å². The predicted molar refractivity (Wildman–Crippen MR) is 81.8 cm³/mol. The monoisotopic (exact) mass is 263 g/mol. The number of aliphatic imine (C=N–C) groups is 1. The van der Waals surface area contributed by atoms with Crippen LogP contribution in [0.3, 0.4) is 0 Å². The molecule has 0 unspecified atom stereocenters. The van der Waals surface area contributed by atoms with Gasteiger partial charge in [0.25, 0.3) is 0 Å². The third kappa shape index (κ3) is 2.20. The molecule has 2 aliphatic rings. The molecule has 2 aromatic rings. The summed E-state index contributed by atoms with van der Waals surface area (Å²) >= 11 is 0. The highest BCUT2D eigenvalue weighted by atomic mass is 15.2. The summed E-state index contributed by atoms with van der Waals surface area (Å²) in [6.07, 6.45) is 4.58. The van der Waals surface area contributed by atoms with Crippen LogP contribution in [0.2, 0.25) is 0 Å². The zero-order valence-corrected chi connectivity index (χ0v) is 11.4.